The van der Waals surface area contributed by atoms with E-state index in [1.807, 2.05) is 26.0 Å². The van der Waals surface area contributed by atoms with Crippen molar-refractivity contribution in [3.63, 3.8) is 0 Å². The molecule has 34 heavy (non-hydrogen) atoms. The van der Waals surface area contributed by atoms with Crippen molar-refractivity contribution in [1.29, 1.82) is 0 Å². The number of hydrogen-bond donors (Lipinski definition) is 1. The van der Waals surface area contributed by atoms with E-state index in [1.54, 1.807) is 6.07 Å². The maximum Gasteiger partial charge on any atom is 0.337 e. The molecule has 1 saturated carbocycles. The molecule has 0 unspecified atom stereocenters. The quantitative estimate of drug-likeness (QED) is 0.604. The maximum absolute atomic E-state index is 13.7. The van der Waals surface area contributed by atoms with Crippen LogP contribution in [0.25, 0.3) is 16.0 Å². The second-order valence-corrected chi connectivity index (χ2v) is 10.5. The first-order chi connectivity index (χ1) is 16.4. The van der Waals surface area contributed by atoms with Crippen molar-refractivity contribution in [2.45, 2.75) is 71.4 Å². The van der Waals surface area contributed by atoms with E-state index in [1.165, 1.54) is 26.9 Å². The average molecular weight is 482 g/mol. The third-order valence-corrected chi connectivity index (χ3v) is 8.23. The van der Waals surface area contributed by atoms with Gasteiger partial charge in [0, 0.05) is 19.1 Å². The van der Waals surface area contributed by atoms with Gasteiger partial charge in [-0.3, -0.25) is 14.2 Å². The molecule has 2 fully saturated rings. The second kappa shape index (κ2) is 9.37. The monoisotopic (exact) mass is 481 g/mol. The Morgan fingerprint density at radius 3 is 2.56 bits per heavy atom. The number of benzene rings is 1. The highest BCUT2D eigenvalue weighted by atomic mass is 32.1. The van der Waals surface area contributed by atoms with E-state index in [-0.39, 0.29) is 24.1 Å². The molecule has 0 atom stereocenters. The van der Waals surface area contributed by atoms with Crippen molar-refractivity contribution < 1.29 is 4.79 Å². The molecule has 0 radical (unpaired) electrons. The van der Waals surface area contributed by atoms with Crippen LogP contribution in [0, 0.1) is 13.8 Å². The molecule has 0 spiro atoms. The van der Waals surface area contributed by atoms with Gasteiger partial charge in [-0.1, -0.05) is 42.7 Å². The molecular weight excluding hydrogens is 450 g/mol. The number of fused-ring (bicyclic) bond motifs is 1. The Balaban J connectivity index is 1.63. The number of nitrogens with one attached hydrogen (secondary N) is 1. The van der Waals surface area contributed by atoms with Crippen LogP contribution in [0.3, 0.4) is 0 Å². The summed E-state index contributed by atoms with van der Waals surface area (Å²) >= 11 is 1.32. The predicted octanol–water partition coefficient (Wildman–Crippen LogP) is 3.27. The number of aryl methyl sites for hydroxylation is 1. The van der Waals surface area contributed by atoms with Gasteiger partial charge >= 0.3 is 5.69 Å². The molecule has 3 heterocycles. The van der Waals surface area contributed by atoms with Crippen LogP contribution >= 0.6 is 11.3 Å². The summed E-state index contributed by atoms with van der Waals surface area (Å²) in [6.45, 7) is 5.48. The van der Waals surface area contributed by atoms with Crippen LogP contribution in [0.2, 0.25) is 0 Å². The lowest BCUT2D eigenvalue weighted by Crippen LogP contribution is -2.44. The van der Waals surface area contributed by atoms with Gasteiger partial charge in [0.1, 0.15) is 11.2 Å². The summed E-state index contributed by atoms with van der Waals surface area (Å²) in [5, 5.41) is 3.83. The van der Waals surface area contributed by atoms with Gasteiger partial charge < -0.3 is 10.2 Å². The molecule has 5 rings (SSSR count). The Kier molecular flexibility index (Phi) is 6.29. The molecule has 2 aliphatic rings. The van der Waals surface area contributed by atoms with Gasteiger partial charge in [0.2, 0.25) is 5.91 Å². The molecule has 1 N–H and O–H groups in total. The SMILES string of the molecule is Cc1cccc(-n2c(=O)c3sc(N4CCCC4)nc3n(CC(=O)NC3CCCCC3)c2=O)c1C. The van der Waals surface area contributed by atoms with E-state index in [2.05, 4.69) is 10.2 Å². The topological polar surface area (TPSA) is 89.2 Å². The predicted molar refractivity (Wildman–Crippen MR) is 135 cm³/mol. The van der Waals surface area contributed by atoms with E-state index in [4.69, 9.17) is 4.98 Å². The first-order valence-electron chi connectivity index (χ1n) is 12.2. The molecule has 1 amide bonds. The van der Waals surface area contributed by atoms with Crippen molar-refractivity contribution in [3.8, 4) is 5.69 Å². The highest BCUT2D eigenvalue weighted by molar-refractivity contribution is 7.22. The molecule has 3 aromatic rings. The lowest BCUT2D eigenvalue weighted by Gasteiger charge is -2.23. The van der Waals surface area contributed by atoms with Gasteiger partial charge in [0.25, 0.3) is 5.56 Å². The van der Waals surface area contributed by atoms with Crippen LogP contribution in [0.5, 0.6) is 0 Å². The third kappa shape index (κ3) is 4.17. The fourth-order valence-electron chi connectivity index (χ4n) is 5.06. The molecule has 1 aromatic carbocycles. The van der Waals surface area contributed by atoms with Gasteiger partial charge in [0.05, 0.1) is 5.69 Å². The summed E-state index contributed by atoms with van der Waals surface area (Å²) in [6, 6.07) is 5.73. The normalized spacial score (nSPS) is 16.9. The Morgan fingerprint density at radius 1 is 1.09 bits per heavy atom. The smallest absolute Gasteiger partial charge is 0.337 e. The van der Waals surface area contributed by atoms with Crippen LogP contribution in [-0.4, -0.2) is 39.2 Å². The molecule has 8 nitrogen and oxygen atoms in total. The highest BCUT2D eigenvalue weighted by Crippen LogP contribution is 2.29. The lowest BCUT2D eigenvalue weighted by molar-refractivity contribution is -0.122. The highest BCUT2D eigenvalue weighted by Gasteiger charge is 2.25. The minimum atomic E-state index is -0.525. The minimum absolute atomic E-state index is 0.146. The van der Waals surface area contributed by atoms with E-state index < -0.39 is 5.69 Å². The van der Waals surface area contributed by atoms with Gasteiger partial charge in [-0.2, -0.15) is 0 Å². The van der Waals surface area contributed by atoms with E-state index >= 15 is 0 Å². The minimum Gasteiger partial charge on any atom is -0.352 e. The van der Waals surface area contributed by atoms with Crippen LogP contribution in [0.4, 0.5) is 5.13 Å². The van der Waals surface area contributed by atoms with Crippen molar-refractivity contribution in [2.75, 3.05) is 18.0 Å². The Labute approximate surface area is 202 Å². The van der Waals surface area contributed by atoms with Gasteiger partial charge in [-0.15, -0.1) is 0 Å². The molecule has 1 aliphatic heterocycles. The zero-order valence-electron chi connectivity index (χ0n) is 19.8. The molecule has 9 heteroatoms. The number of amides is 1. The summed E-state index contributed by atoms with van der Waals surface area (Å²) < 4.78 is 3.00. The summed E-state index contributed by atoms with van der Waals surface area (Å²) in [4.78, 5) is 47.2. The Morgan fingerprint density at radius 2 is 1.82 bits per heavy atom. The van der Waals surface area contributed by atoms with Crippen molar-refractivity contribution in [1.82, 2.24) is 19.4 Å². The average Bonchev–Trinajstić information content (AvgIpc) is 3.50. The molecule has 0 bridgehead atoms. The third-order valence-electron chi connectivity index (χ3n) is 7.14. The lowest BCUT2D eigenvalue weighted by atomic mass is 9.95. The largest absolute Gasteiger partial charge is 0.352 e. The number of rotatable bonds is 5. The summed E-state index contributed by atoms with van der Waals surface area (Å²) in [5.41, 5.74) is 1.82. The maximum atomic E-state index is 13.7. The standard InChI is InChI=1S/C25H31N5O3S/c1-16-9-8-12-19(17(16)2)30-23(32)21-22(27-24(34-21)28-13-6-7-14-28)29(25(30)33)15-20(31)26-18-10-4-3-5-11-18/h8-9,12,18H,3-7,10-11,13-15H2,1-2H3,(H,26,31). The van der Waals surface area contributed by atoms with Gasteiger partial charge in [-0.05, 0) is 56.7 Å². The first-order valence-corrected chi connectivity index (χ1v) is 13.0. The van der Waals surface area contributed by atoms with Crippen LogP contribution < -0.4 is 21.5 Å². The number of aromatic nitrogens is 3. The van der Waals surface area contributed by atoms with Crippen LogP contribution in [-0.2, 0) is 11.3 Å². The van der Waals surface area contributed by atoms with Crippen LogP contribution in [0.1, 0.15) is 56.1 Å². The van der Waals surface area contributed by atoms with Crippen molar-refractivity contribution in [2.24, 2.45) is 0 Å². The second-order valence-electron chi connectivity index (χ2n) is 9.47. The zero-order chi connectivity index (χ0) is 23.8. The van der Waals surface area contributed by atoms with Gasteiger partial charge in [0.15, 0.2) is 10.8 Å². The first kappa shape index (κ1) is 22.8. The summed E-state index contributed by atoms with van der Waals surface area (Å²) in [5.74, 6) is -0.211. The summed E-state index contributed by atoms with van der Waals surface area (Å²) in [7, 11) is 0. The molecule has 1 saturated heterocycles. The molecule has 180 valence electrons. The van der Waals surface area contributed by atoms with E-state index in [0.717, 1.165) is 67.9 Å². The number of hydrogen-bond acceptors (Lipinski definition) is 6. The Bertz CT molecular complexity index is 1340. The fraction of sp³-hybridized carbons (Fsp3) is 0.520. The van der Waals surface area contributed by atoms with Crippen molar-refractivity contribution >= 4 is 32.7 Å². The number of nitrogens with zero attached hydrogens (tertiary/aromatic N) is 4. The number of thiazole rings is 1. The Hall–Kier alpha value is -2.94. The molecular formula is C25H31N5O3S. The number of anilines is 1. The van der Waals surface area contributed by atoms with Gasteiger partial charge in [-0.25, -0.2) is 14.3 Å². The molecule has 2 aromatic heterocycles. The van der Waals surface area contributed by atoms with E-state index in [9.17, 15) is 14.4 Å². The summed E-state index contributed by atoms with van der Waals surface area (Å²) in [6.07, 6.45) is 7.52. The van der Waals surface area contributed by atoms with E-state index in [0.29, 0.717) is 16.0 Å². The zero-order valence-corrected chi connectivity index (χ0v) is 20.6. The van der Waals surface area contributed by atoms with Crippen molar-refractivity contribution in [3.05, 3.63) is 50.2 Å². The molecule has 1 aliphatic carbocycles. The number of carbonyl (C=O) groups is 1. The fourth-order valence-corrected chi connectivity index (χ4v) is 6.12. The number of carbonyl (C=O) groups excluding carboxylic acids is 1. The van der Waals surface area contributed by atoms with Crippen LogP contribution in [0.15, 0.2) is 27.8 Å².